The van der Waals surface area contributed by atoms with Gasteiger partial charge in [-0.2, -0.15) is 0 Å². The van der Waals surface area contributed by atoms with Gasteiger partial charge in [0.1, 0.15) is 0 Å². The van der Waals surface area contributed by atoms with Gasteiger partial charge in [-0.05, 0) is 35.2 Å². The van der Waals surface area contributed by atoms with Crippen LogP contribution in [0.1, 0.15) is 29.7 Å². The summed E-state index contributed by atoms with van der Waals surface area (Å²) in [5.41, 5.74) is 1.79. The van der Waals surface area contributed by atoms with Gasteiger partial charge in [0.05, 0.1) is 6.10 Å². The van der Waals surface area contributed by atoms with Gasteiger partial charge in [0.2, 0.25) is 0 Å². The first-order valence-corrected chi connectivity index (χ1v) is 6.17. The molecule has 0 saturated heterocycles. The SMILES string of the molecule is CCc1cnccc1C(O)Cc1cccc(F)c1F. The molecule has 1 aromatic carbocycles. The highest BCUT2D eigenvalue weighted by molar-refractivity contribution is 5.28. The van der Waals surface area contributed by atoms with Crippen molar-refractivity contribution in [2.45, 2.75) is 25.9 Å². The van der Waals surface area contributed by atoms with Gasteiger partial charge >= 0.3 is 0 Å². The summed E-state index contributed by atoms with van der Waals surface area (Å²) in [6.07, 6.45) is 3.17. The lowest BCUT2D eigenvalue weighted by atomic mass is 9.97. The van der Waals surface area contributed by atoms with Gasteiger partial charge in [0, 0.05) is 18.8 Å². The van der Waals surface area contributed by atoms with E-state index in [1.807, 2.05) is 6.92 Å². The van der Waals surface area contributed by atoms with Crippen LogP contribution in [-0.2, 0) is 12.8 Å². The van der Waals surface area contributed by atoms with Gasteiger partial charge in [-0.15, -0.1) is 0 Å². The van der Waals surface area contributed by atoms with Crippen molar-refractivity contribution < 1.29 is 13.9 Å². The van der Waals surface area contributed by atoms with Crippen molar-refractivity contribution in [2.75, 3.05) is 0 Å². The van der Waals surface area contributed by atoms with Crippen molar-refractivity contribution in [1.82, 2.24) is 4.98 Å². The van der Waals surface area contributed by atoms with Crippen LogP contribution in [-0.4, -0.2) is 10.1 Å². The molecule has 0 saturated carbocycles. The van der Waals surface area contributed by atoms with E-state index < -0.39 is 17.7 Å². The Hall–Kier alpha value is -1.81. The van der Waals surface area contributed by atoms with Crippen molar-refractivity contribution >= 4 is 0 Å². The first-order chi connectivity index (χ1) is 9.13. The van der Waals surface area contributed by atoms with E-state index in [0.717, 1.165) is 18.1 Å². The minimum atomic E-state index is -0.895. The number of aliphatic hydroxyl groups is 1. The summed E-state index contributed by atoms with van der Waals surface area (Å²) >= 11 is 0. The molecule has 0 aliphatic heterocycles. The quantitative estimate of drug-likeness (QED) is 0.919. The number of hydrogen-bond acceptors (Lipinski definition) is 2. The largest absolute Gasteiger partial charge is 0.388 e. The normalized spacial score (nSPS) is 12.4. The monoisotopic (exact) mass is 263 g/mol. The minimum absolute atomic E-state index is 0.0423. The van der Waals surface area contributed by atoms with Crippen molar-refractivity contribution in [1.29, 1.82) is 0 Å². The molecule has 0 aliphatic rings. The highest BCUT2D eigenvalue weighted by atomic mass is 19.2. The van der Waals surface area contributed by atoms with E-state index in [1.165, 1.54) is 12.1 Å². The average molecular weight is 263 g/mol. The maximum absolute atomic E-state index is 13.6. The summed E-state index contributed by atoms with van der Waals surface area (Å²) in [5, 5.41) is 10.2. The fourth-order valence-electron chi connectivity index (χ4n) is 2.08. The van der Waals surface area contributed by atoms with Gasteiger partial charge < -0.3 is 5.11 Å². The molecule has 0 amide bonds. The molecule has 0 fully saturated rings. The summed E-state index contributed by atoms with van der Waals surface area (Å²) in [4.78, 5) is 3.99. The molecule has 0 radical (unpaired) electrons. The fraction of sp³-hybridized carbons (Fsp3) is 0.267. The summed E-state index contributed by atoms with van der Waals surface area (Å²) < 4.78 is 26.7. The standard InChI is InChI=1S/C15H15F2NO/c1-2-10-9-18-7-6-12(10)14(19)8-11-4-3-5-13(16)15(11)17/h3-7,9,14,19H,2,8H2,1H3. The zero-order chi connectivity index (χ0) is 13.8. The first kappa shape index (κ1) is 13.6. The lowest BCUT2D eigenvalue weighted by Gasteiger charge is -2.15. The van der Waals surface area contributed by atoms with Gasteiger partial charge in [0.15, 0.2) is 11.6 Å². The molecule has 0 bridgehead atoms. The highest BCUT2D eigenvalue weighted by Crippen LogP contribution is 2.23. The van der Waals surface area contributed by atoms with Crippen LogP contribution >= 0.6 is 0 Å². The van der Waals surface area contributed by atoms with Gasteiger partial charge in [0.25, 0.3) is 0 Å². The molecule has 1 heterocycles. The Morgan fingerprint density at radius 1 is 1.21 bits per heavy atom. The number of benzene rings is 1. The van der Waals surface area contributed by atoms with Crippen LogP contribution in [0.15, 0.2) is 36.7 Å². The third kappa shape index (κ3) is 2.96. The van der Waals surface area contributed by atoms with Crippen LogP contribution in [0.4, 0.5) is 8.78 Å². The van der Waals surface area contributed by atoms with E-state index in [2.05, 4.69) is 4.98 Å². The van der Waals surface area contributed by atoms with Crippen LogP contribution in [0.2, 0.25) is 0 Å². The maximum atomic E-state index is 13.6. The van der Waals surface area contributed by atoms with Crippen LogP contribution in [0, 0.1) is 11.6 Å². The molecule has 1 aromatic heterocycles. The topological polar surface area (TPSA) is 33.1 Å². The maximum Gasteiger partial charge on any atom is 0.162 e. The van der Waals surface area contributed by atoms with Crippen molar-refractivity contribution in [3.05, 3.63) is 65.0 Å². The Bertz CT molecular complexity index is 572. The summed E-state index contributed by atoms with van der Waals surface area (Å²) in [6, 6.07) is 5.69. The number of hydrogen-bond donors (Lipinski definition) is 1. The lowest BCUT2D eigenvalue weighted by molar-refractivity contribution is 0.175. The number of rotatable bonds is 4. The molecule has 0 aliphatic carbocycles. The second-order valence-corrected chi connectivity index (χ2v) is 4.36. The van der Waals surface area contributed by atoms with E-state index >= 15 is 0 Å². The van der Waals surface area contributed by atoms with Crippen molar-refractivity contribution in [3.63, 3.8) is 0 Å². The van der Waals surface area contributed by atoms with E-state index in [1.54, 1.807) is 18.5 Å². The summed E-state index contributed by atoms with van der Waals surface area (Å²) in [7, 11) is 0. The second-order valence-electron chi connectivity index (χ2n) is 4.36. The summed E-state index contributed by atoms with van der Waals surface area (Å²) in [5.74, 6) is -1.79. The molecular formula is C15H15F2NO. The van der Waals surface area contributed by atoms with Crippen LogP contribution in [0.25, 0.3) is 0 Å². The molecule has 4 heteroatoms. The molecule has 1 atom stereocenters. The predicted molar refractivity (Wildman–Crippen MR) is 68.6 cm³/mol. The Morgan fingerprint density at radius 2 is 2.00 bits per heavy atom. The Labute approximate surface area is 110 Å². The minimum Gasteiger partial charge on any atom is -0.388 e. The highest BCUT2D eigenvalue weighted by Gasteiger charge is 2.16. The van der Waals surface area contributed by atoms with E-state index in [0.29, 0.717) is 5.56 Å². The Balaban J connectivity index is 2.26. The first-order valence-electron chi connectivity index (χ1n) is 6.17. The molecule has 100 valence electrons. The zero-order valence-corrected chi connectivity index (χ0v) is 10.6. The number of aromatic nitrogens is 1. The molecule has 1 unspecified atom stereocenters. The van der Waals surface area contributed by atoms with Gasteiger partial charge in [-0.3, -0.25) is 4.98 Å². The van der Waals surface area contributed by atoms with Gasteiger partial charge in [-0.1, -0.05) is 19.1 Å². The van der Waals surface area contributed by atoms with E-state index in [9.17, 15) is 13.9 Å². The smallest absolute Gasteiger partial charge is 0.162 e. The Kier molecular flexibility index (Phi) is 4.22. The molecular weight excluding hydrogens is 248 g/mol. The molecule has 19 heavy (non-hydrogen) atoms. The zero-order valence-electron chi connectivity index (χ0n) is 10.6. The molecule has 1 N–H and O–H groups in total. The molecule has 0 spiro atoms. The summed E-state index contributed by atoms with van der Waals surface area (Å²) in [6.45, 7) is 1.95. The van der Waals surface area contributed by atoms with Crippen molar-refractivity contribution in [2.24, 2.45) is 0 Å². The molecule has 2 rings (SSSR count). The Morgan fingerprint density at radius 3 is 2.74 bits per heavy atom. The third-order valence-electron chi connectivity index (χ3n) is 3.13. The lowest BCUT2D eigenvalue weighted by Crippen LogP contribution is -2.07. The van der Waals surface area contributed by atoms with Crippen LogP contribution in [0.5, 0.6) is 0 Å². The predicted octanol–water partition coefficient (Wildman–Crippen LogP) is 3.20. The number of aryl methyl sites for hydroxylation is 1. The number of pyridine rings is 1. The molecule has 2 aromatic rings. The van der Waals surface area contributed by atoms with Crippen LogP contribution in [0.3, 0.4) is 0 Å². The van der Waals surface area contributed by atoms with Crippen molar-refractivity contribution in [3.8, 4) is 0 Å². The average Bonchev–Trinajstić information content (AvgIpc) is 2.43. The second kappa shape index (κ2) is 5.89. The number of nitrogens with zero attached hydrogens (tertiary/aromatic N) is 1. The third-order valence-corrected chi connectivity index (χ3v) is 3.13. The fourth-order valence-corrected chi connectivity index (χ4v) is 2.08. The van der Waals surface area contributed by atoms with E-state index in [-0.39, 0.29) is 12.0 Å². The number of aliphatic hydroxyl groups excluding tert-OH is 1. The molecule has 2 nitrogen and oxygen atoms in total. The van der Waals surface area contributed by atoms with Crippen LogP contribution < -0.4 is 0 Å². The van der Waals surface area contributed by atoms with Gasteiger partial charge in [-0.25, -0.2) is 8.78 Å². The number of halogens is 2. The van der Waals surface area contributed by atoms with E-state index in [4.69, 9.17) is 0 Å².